The first-order valence-electron chi connectivity index (χ1n) is 9.84. The van der Waals surface area contributed by atoms with Crippen molar-refractivity contribution in [3.05, 3.63) is 46.8 Å². The van der Waals surface area contributed by atoms with Gasteiger partial charge in [0.1, 0.15) is 5.76 Å². The Kier molecular flexibility index (Phi) is 6.16. The molecule has 1 aliphatic rings. The summed E-state index contributed by atoms with van der Waals surface area (Å²) in [7, 11) is 0. The van der Waals surface area contributed by atoms with E-state index in [2.05, 4.69) is 34.1 Å². The molecule has 0 saturated carbocycles. The molecule has 1 aromatic heterocycles. The van der Waals surface area contributed by atoms with Gasteiger partial charge in [-0.25, -0.2) is 0 Å². The van der Waals surface area contributed by atoms with Gasteiger partial charge in [-0.3, -0.25) is 4.79 Å². The number of hydrogen-bond acceptors (Lipinski definition) is 5. The molecule has 146 valence electrons. The van der Waals surface area contributed by atoms with E-state index in [1.165, 1.54) is 5.69 Å². The van der Waals surface area contributed by atoms with Gasteiger partial charge in [0.2, 0.25) is 0 Å². The number of aryl methyl sites for hydroxylation is 2. The lowest BCUT2D eigenvalue weighted by atomic mass is 10.0. The van der Waals surface area contributed by atoms with E-state index in [-0.39, 0.29) is 11.9 Å². The number of amides is 1. The van der Waals surface area contributed by atoms with Gasteiger partial charge in [-0.1, -0.05) is 19.0 Å². The van der Waals surface area contributed by atoms with E-state index in [0.717, 1.165) is 56.2 Å². The molecule has 0 radical (unpaired) electrons. The zero-order valence-electron chi connectivity index (χ0n) is 16.8. The molecule has 1 amide bonds. The molecule has 1 atom stereocenters. The molecule has 1 unspecified atom stereocenters. The number of hydrogen-bond donors (Lipinski definition) is 1. The number of anilines is 1. The molecule has 1 N–H and O–H groups in total. The van der Waals surface area contributed by atoms with Gasteiger partial charge in [-0.05, 0) is 51.1 Å². The molecule has 6 heteroatoms. The Morgan fingerprint density at radius 1 is 1.15 bits per heavy atom. The second-order valence-electron chi connectivity index (χ2n) is 7.14. The predicted octanol–water partition coefficient (Wildman–Crippen LogP) is 3.31. The van der Waals surface area contributed by atoms with Crippen molar-refractivity contribution in [2.75, 3.05) is 37.6 Å². The first-order chi connectivity index (χ1) is 13.0. The monoisotopic (exact) mass is 370 g/mol. The van der Waals surface area contributed by atoms with Crippen molar-refractivity contribution in [3.63, 3.8) is 0 Å². The molecule has 3 rings (SSSR count). The highest BCUT2D eigenvalue weighted by atomic mass is 16.5. The molecule has 1 aromatic carbocycles. The van der Waals surface area contributed by atoms with Gasteiger partial charge in [-0.15, -0.1) is 0 Å². The van der Waals surface area contributed by atoms with Gasteiger partial charge in [0.15, 0.2) is 0 Å². The maximum atomic E-state index is 12.7. The van der Waals surface area contributed by atoms with Crippen LogP contribution in [-0.2, 0) is 0 Å². The van der Waals surface area contributed by atoms with Crippen LogP contribution < -0.4 is 10.2 Å². The van der Waals surface area contributed by atoms with E-state index in [9.17, 15) is 4.79 Å². The minimum absolute atomic E-state index is 0.0656. The third kappa shape index (κ3) is 4.33. The Hall–Kier alpha value is -2.34. The normalized spacial score (nSPS) is 16.4. The minimum Gasteiger partial charge on any atom is -0.369 e. The number of carbonyl (C=O) groups is 1. The van der Waals surface area contributed by atoms with Crippen LogP contribution in [-0.4, -0.2) is 48.7 Å². The van der Waals surface area contributed by atoms with Crippen LogP contribution in [0.5, 0.6) is 0 Å². The zero-order chi connectivity index (χ0) is 19.4. The highest BCUT2D eigenvalue weighted by Crippen LogP contribution is 2.25. The van der Waals surface area contributed by atoms with Crippen molar-refractivity contribution in [3.8, 4) is 0 Å². The number of benzene rings is 1. The SMILES string of the molecule is CCC(NC(=O)c1ccc(N2CCN(CC)CC2)cc1)c1c(C)noc1C. The van der Waals surface area contributed by atoms with Crippen LogP contribution in [0.3, 0.4) is 0 Å². The molecule has 2 aromatic rings. The molecule has 1 fully saturated rings. The highest BCUT2D eigenvalue weighted by Gasteiger charge is 2.22. The summed E-state index contributed by atoms with van der Waals surface area (Å²) < 4.78 is 5.25. The molecule has 1 saturated heterocycles. The fourth-order valence-electron chi connectivity index (χ4n) is 3.75. The van der Waals surface area contributed by atoms with Crippen molar-refractivity contribution in [1.29, 1.82) is 0 Å². The zero-order valence-corrected chi connectivity index (χ0v) is 16.8. The standard InChI is InChI=1S/C21H30N4O2/c1-5-19(20-15(3)23-27-16(20)4)22-21(26)17-7-9-18(10-8-17)25-13-11-24(6-2)12-14-25/h7-10,19H,5-6,11-14H2,1-4H3,(H,22,26). The summed E-state index contributed by atoms with van der Waals surface area (Å²) in [5.41, 5.74) is 3.67. The maximum absolute atomic E-state index is 12.7. The fourth-order valence-corrected chi connectivity index (χ4v) is 3.75. The van der Waals surface area contributed by atoms with Crippen LogP contribution in [0.1, 0.15) is 53.7 Å². The van der Waals surface area contributed by atoms with Gasteiger partial charge < -0.3 is 19.6 Å². The van der Waals surface area contributed by atoms with Crippen molar-refractivity contribution in [2.24, 2.45) is 0 Å². The van der Waals surface area contributed by atoms with Crippen LogP contribution in [0.15, 0.2) is 28.8 Å². The van der Waals surface area contributed by atoms with Gasteiger partial charge in [0, 0.05) is 43.0 Å². The van der Waals surface area contributed by atoms with E-state index >= 15 is 0 Å². The third-order valence-electron chi connectivity index (χ3n) is 5.46. The summed E-state index contributed by atoms with van der Waals surface area (Å²) in [5.74, 6) is 0.699. The third-order valence-corrected chi connectivity index (χ3v) is 5.46. The average molecular weight is 370 g/mol. The van der Waals surface area contributed by atoms with Crippen molar-refractivity contribution < 1.29 is 9.32 Å². The van der Waals surface area contributed by atoms with E-state index in [0.29, 0.717) is 5.56 Å². The smallest absolute Gasteiger partial charge is 0.251 e. The summed E-state index contributed by atoms with van der Waals surface area (Å²) in [6.07, 6.45) is 0.786. The topological polar surface area (TPSA) is 61.6 Å². The van der Waals surface area contributed by atoms with Gasteiger partial charge in [0.25, 0.3) is 5.91 Å². The van der Waals surface area contributed by atoms with Gasteiger partial charge >= 0.3 is 0 Å². The van der Waals surface area contributed by atoms with Crippen LogP contribution in [0.25, 0.3) is 0 Å². The van der Waals surface area contributed by atoms with E-state index in [4.69, 9.17) is 4.52 Å². The summed E-state index contributed by atoms with van der Waals surface area (Å²) in [4.78, 5) is 17.6. The lowest BCUT2D eigenvalue weighted by molar-refractivity contribution is 0.0935. The van der Waals surface area contributed by atoms with E-state index < -0.39 is 0 Å². The quantitative estimate of drug-likeness (QED) is 0.845. The second kappa shape index (κ2) is 8.57. The summed E-state index contributed by atoms with van der Waals surface area (Å²) in [6, 6.07) is 7.83. The Labute approximate surface area is 161 Å². The maximum Gasteiger partial charge on any atom is 0.251 e. The number of carbonyl (C=O) groups excluding carboxylic acids is 1. The Morgan fingerprint density at radius 2 is 1.81 bits per heavy atom. The lowest BCUT2D eigenvalue weighted by Crippen LogP contribution is -2.46. The molecule has 0 aliphatic carbocycles. The first kappa shape index (κ1) is 19.4. The molecule has 6 nitrogen and oxygen atoms in total. The Morgan fingerprint density at radius 3 is 2.33 bits per heavy atom. The predicted molar refractivity (Wildman–Crippen MR) is 107 cm³/mol. The molecule has 27 heavy (non-hydrogen) atoms. The van der Waals surface area contributed by atoms with E-state index in [1.807, 2.05) is 38.1 Å². The molecular formula is C21H30N4O2. The van der Waals surface area contributed by atoms with Crippen LogP contribution in [0.4, 0.5) is 5.69 Å². The lowest BCUT2D eigenvalue weighted by Gasteiger charge is -2.35. The summed E-state index contributed by atoms with van der Waals surface area (Å²) >= 11 is 0. The molecule has 1 aliphatic heterocycles. The number of nitrogens with one attached hydrogen (secondary N) is 1. The number of aromatic nitrogens is 1. The van der Waals surface area contributed by atoms with Crippen LogP contribution >= 0.6 is 0 Å². The van der Waals surface area contributed by atoms with Crippen molar-refractivity contribution in [2.45, 2.75) is 40.2 Å². The van der Waals surface area contributed by atoms with Crippen LogP contribution in [0.2, 0.25) is 0 Å². The molecule has 0 spiro atoms. The fraction of sp³-hybridized carbons (Fsp3) is 0.524. The van der Waals surface area contributed by atoms with Gasteiger partial charge in [0.05, 0.1) is 11.7 Å². The number of rotatable bonds is 6. The van der Waals surface area contributed by atoms with Gasteiger partial charge in [-0.2, -0.15) is 0 Å². The molecule has 0 bridgehead atoms. The van der Waals surface area contributed by atoms with Crippen molar-refractivity contribution >= 4 is 11.6 Å². The van der Waals surface area contributed by atoms with Crippen LogP contribution in [0, 0.1) is 13.8 Å². The number of likely N-dealkylation sites (N-methyl/N-ethyl adjacent to an activating group) is 1. The Balaban J connectivity index is 1.65. The molecule has 2 heterocycles. The number of piperazine rings is 1. The first-order valence-corrected chi connectivity index (χ1v) is 9.84. The summed E-state index contributed by atoms with van der Waals surface area (Å²) in [6.45, 7) is 13.4. The Bertz CT molecular complexity index is 741. The number of nitrogens with zero attached hydrogens (tertiary/aromatic N) is 3. The second-order valence-corrected chi connectivity index (χ2v) is 7.14. The highest BCUT2D eigenvalue weighted by molar-refractivity contribution is 5.94. The van der Waals surface area contributed by atoms with Crippen molar-refractivity contribution in [1.82, 2.24) is 15.4 Å². The summed E-state index contributed by atoms with van der Waals surface area (Å²) in [5, 5.41) is 7.12. The molecular weight excluding hydrogens is 340 g/mol. The van der Waals surface area contributed by atoms with E-state index in [1.54, 1.807) is 0 Å². The largest absolute Gasteiger partial charge is 0.369 e. The average Bonchev–Trinajstić information content (AvgIpc) is 3.04. The minimum atomic E-state index is -0.0921.